The second kappa shape index (κ2) is 14.7. The number of amides is 2. The third-order valence-corrected chi connectivity index (χ3v) is 9.88. The van der Waals surface area contributed by atoms with Crippen molar-refractivity contribution in [3.05, 3.63) is 59.7 Å². The van der Waals surface area contributed by atoms with Crippen LogP contribution in [-0.2, 0) is 32.5 Å². The number of nitrogens with one attached hydrogen (secondary N) is 3. The van der Waals surface area contributed by atoms with Crippen molar-refractivity contribution in [1.82, 2.24) is 20.3 Å². The van der Waals surface area contributed by atoms with Gasteiger partial charge in [-0.2, -0.15) is 4.31 Å². The highest BCUT2D eigenvalue weighted by Gasteiger charge is 2.43. The van der Waals surface area contributed by atoms with E-state index in [1.54, 1.807) is 12.1 Å². The van der Waals surface area contributed by atoms with Crippen LogP contribution in [0.5, 0.6) is 5.75 Å². The molecule has 2 aromatic rings. The van der Waals surface area contributed by atoms with E-state index >= 15 is 0 Å². The zero-order chi connectivity index (χ0) is 31.0. The molecular formula is C32H46N4O6S. The average molecular weight is 615 g/mol. The van der Waals surface area contributed by atoms with Crippen LogP contribution in [0, 0.1) is 11.8 Å². The predicted octanol–water partition coefficient (Wildman–Crippen LogP) is 2.60. The fourth-order valence-corrected chi connectivity index (χ4v) is 7.55. The Morgan fingerprint density at radius 1 is 1.14 bits per heavy atom. The molecule has 2 heterocycles. The average Bonchev–Trinajstić information content (AvgIpc) is 3.67. The summed E-state index contributed by atoms with van der Waals surface area (Å²) < 4.78 is 35.1. The van der Waals surface area contributed by atoms with Gasteiger partial charge in [-0.3, -0.25) is 9.59 Å². The minimum absolute atomic E-state index is 0.00783. The van der Waals surface area contributed by atoms with Gasteiger partial charge in [0.1, 0.15) is 11.5 Å². The van der Waals surface area contributed by atoms with Gasteiger partial charge in [-0.15, -0.1) is 0 Å². The molecule has 0 saturated carbocycles. The molecule has 43 heavy (non-hydrogen) atoms. The van der Waals surface area contributed by atoms with Crippen LogP contribution in [0.25, 0.3) is 0 Å². The first-order valence-corrected chi connectivity index (χ1v) is 16.7. The Labute approximate surface area is 255 Å². The maximum absolute atomic E-state index is 14.2. The van der Waals surface area contributed by atoms with Gasteiger partial charge in [0.25, 0.3) is 0 Å². The van der Waals surface area contributed by atoms with Crippen LogP contribution in [0.4, 0.5) is 0 Å². The summed E-state index contributed by atoms with van der Waals surface area (Å²) in [6.07, 6.45) is 2.67. The summed E-state index contributed by atoms with van der Waals surface area (Å²) in [4.78, 5) is 25.2. The fourth-order valence-electron chi connectivity index (χ4n) is 5.67. The lowest BCUT2D eigenvalue weighted by atomic mass is 9.98. The number of ether oxygens (including phenoxy) is 1. The van der Waals surface area contributed by atoms with Gasteiger partial charge in [-0.1, -0.05) is 51.1 Å². The highest BCUT2D eigenvalue weighted by Crippen LogP contribution is 2.33. The van der Waals surface area contributed by atoms with Gasteiger partial charge < -0.3 is 25.8 Å². The van der Waals surface area contributed by atoms with E-state index in [2.05, 4.69) is 16.0 Å². The lowest BCUT2D eigenvalue weighted by Crippen LogP contribution is -2.55. The third-order valence-electron chi connectivity index (χ3n) is 7.96. The summed E-state index contributed by atoms with van der Waals surface area (Å²) in [6.45, 7) is 7.62. The van der Waals surface area contributed by atoms with E-state index in [0.29, 0.717) is 25.3 Å². The Hall–Kier alpha value is -2.99. The minimum atomic E-state index is -4.12. The van der Waals surface area contributed by atoms with Crippen molar-refractivity contribution in [3.8, 4) is 5.75 Å². The molecule has 2 aliphatic rings. The van der Waals surface area contributed by atoms with E-state index in [1.165, 1.54) is 10.4 Å². The first-order valence-electron chi connectivity index (χ1n) is 15.3. The van der Waals surface area contributed by atoms with Crippen LogP contribution in [0.3, 0.4) is 0 Å². The molecule has 0 aromatic heterocycles. The predicted molar refractivity (Wildman–Crippen MR) is 165 cm³/mol. The molecule has 2 amide bonds. The maximum Gasteiger partial charge on any atom is 0.245 e. The number of carbonyl (C=O) groups excluding carboxylic acids is 2. The van der Waals surface area contributed by atoms with Gasteiger partial charge in [0, 0.05) is 45.3 Å². The van der Waals surface area contributed by atoms with Crippen LogP contribution in [0.1, 0.15) is 57.6 Å². The van der Waals surface area contributed by atoms with E-state index in [-0.39, 0.29) is 66.9 Å². The van der Waals surface area contributed by atoms with Crippen molar-refractivity contribution in [3.63, 3.8) is 0 Å². The van der Waals surface area contributed by atoms with Gasteiger partial charge in [0.2, 0.25) is 21.8 Å². The number of benzene rings is 2. The SMILES string of the molecule is CC(C)CN(C(O)(CCNC(=O)CC(C)CNC(=O)C1CCCN1)Cc1ccccc1)S(=O)(=O)c1ccc2c(c1)CCO2. The van der Waals surface area contributed by atoms with E-state index in [1.807, 2.05) is 51.1 Å². The molecule has 0 radical (unpaired) electrons. The van der Waals surface area contributed by atoms with Crippen molar-refractivity contribution in [1.29, 1.82) is 0 Å². The number of nitrogens with zero attached hydrogens (tertiary/aromatic N) is 1. The molecule has 0 aliphatic carbocycles. The third kappa shape index (κ3) is 8.78. The van der Waals surface area contributed by atoms with E-state index in [0.717, 1.165) is 30.5 Å². The molecule has 3 unspecified atom stereocenters. The lowest BCUT2D eigenvalue weighted by Gasteiger charge is -2.40. The summed E-state index contributed by atoms with van der Waals surface area (Å²) in [5.41, 5.74) is -0.195. The van der Waals surface area contributed by atoms with Gasteiger partial charge in [-0.05, 0) is 60.5 Å². The fraction of sp³-hybridized carbons (Fsp3) is 0.562. The summed E-state index contributed by atoms with van der Waals surface area (Å²) in [5.74, 6) is 0.258. The van der Waals surface area contributed by atoms with Gasteiger partial charge in [0.15, 0.2) is 0 Å². The van der Waals surface area contributed by atoms with Crippen molar-refractivity contribution in [2.45, 2.75) is 76.0 Å². The Bertz CT molecular complexity index is 1350. The number of sulfonamides is 1. The number of fused-ring (bicyclic) bond motifs is 1. The molecule has 236 valence electrons. The number of rotatable bonds is 15. The second-order valence-electron chi connectivity index (χ2n) is 12.2. The van der Waals surface area contributed by atoms with Gasteiger partial charge >= 0.3 is 0 Å². The lowest BCUT2D eigenvalue weighted by molar-refractivity contribution is -0.125. The van der Waals surface area contributed by atoms with Crippen molar-refractivity contribution in [2.24, 2.45) is 11.8 Å². The highest BCUT2D eigenvalue weighted by atomic mass is 32.2. The second-order valence-corrected chi connectivity index (χ2v) is 14.1. The molecule has 0 bridgehead atoms. The molecule has 11 heteroatoms. The van der Waals surface area contributed by atoms with E-state index in [9.17, 15) is 23.1 Å². The van der Waals surface area contributed by atoms with Crippen molar-refractivity contribution in [2.75, 3.05) is 32.8 Å². The number of hydrogen-bond acceptors (Lipinski definition) is 7. The first kappa shape index (κ1) is 32.9. The summed E-state index contributed by atoms with van der Waals surface area (Å²) in [6, 6.07) is 13.9. The van der Waals surface area contributed by atoms with Crippen LogP contribution in [-0.4, -0.2) is 74.2 Å². The number of carbonyl (C=O) groups is 2. The van der Waals surface area contributed by atoms with Crippen LogP contribution >= 0.6 is 0 Å². The Kier molecular flexibility index (Phi) is 11.2. The summed E-state index contributed by atoms with van der Waals surface area (Å²) >= 11 is 0. The Balaban J connectivity index is 1.46. The summed E-state index contributed by atoms with van der Waals surface area (Å²) in [7, 11) is -4.12. The van der Waals surface area contributed by atoms with Gasteiger partial charge in [-0.25, -0.2) is 8.42 Å². The molecule has 10 nitrogen and oxygen atoms in total. The zero-order valence-electron chi connectivity index (χ0n) is 25.5. The number of aliphatic hydroxyl groups is 1. The monoisotopic (exact) mass is 614 g/mol. The molecule has 3 atom stereocenters. The normalized spacial score (nSPS) is 18.6. The molecule has 4 rings (SSSR count). The molecule has 0 spiro atoms. The molecule has 1 fully saturated rings. The highest BCUT2D eigenvalue weighted by molar-refractivity contribution is 7.89. The Morgan fingerprint density at radius 2 is 1.91 bits per heavy atom. The van der Waals surface area contributed by atoms with Gasteiger partial charge in [0.05, 0.1) is 17.5 Å². The molecule has 1 saturated heterocycles. The number of hydrogen-bond donors (Lipinski definition) is 4. The standard InChI is InChI=1S/C32H46N4O6S/c1-23(2)22-36(43(40,41)27-11-12-29-26(19-27)13-17-42-29)32(39,20-25-8-5-4-6-9-25)14-16-34-30(37)18-24(3)21-35-31(38)28-10-7-15-33-28/h4-6,8-9,11-12,19,23-24,28,33,39H,7,10,13-18,20-22H2,1-3H3,(H,34,37)(H,35,38). The Morgan fingerprint density at radius 3 is 2.60 bits per heavy atom. The minimum Gasteiger partial charge on any atom is -0.493 e. The topological polar surface area (TPSA) is 137 Å². The molecule has 2 aromatic carbocycles. The molecule has 2 aliphatic heterocycles. The van der Waals surface area contributed by atoms with Crippen molar-refractivity contribution < 1.29 is 27.9 Å². The van der Waals surface area contributed by atoms with Crippen LogP contribution in [0.2, 0.25) is 0 Å². The van der Waals surface area contributed by atoms with Crippen molar-refractivity contribution >= 4 is 21.8 Å². The largest absolute Gasteiger partial charge is 0.493 e. The quantitative estimate of drug-likeness (QED) is 0.227. The van der Waals surface area contributed by atoms with Crippen LogP contribution < -0.4 is 20.7 Å². The van der Waals surface area contributed by atoms with E-state index in [4.69, 9.17) is 4.74 Å². The molecular weight excluding hydrogens is 568 g/mol. The smallest absolute Gasteiger partial charge is 0.245 e. The zero-order valence-corrected chi connectivity index (χ0v) is 26.3. The van der Waals surface area contributed by atoms with E-state index < -0.39 is 15.7 Å². The first-order chi connectivity index (χ1) is 20.5. The maximum atomic E-state index is 14.2. The molecule has 4 N–H and O–H groups in total. The summed E-state index contributed by atoms with van der Waals surface area (Å²) in [5, 5.41) is 21.2. The van der Waals surface area contributed by atoms with Crippen LogP contribution in [0.15, 0.2) is 53.4 Å².